The first-order chi connectivity index (χ1) is 18.8. The van der Waals surface area contributed by atoms with Gasteiger partial charge in [0, 0.05) is 18.4 Å². The van der Waals surface area contributed by atoms with Gasteiger partial charge in [-0.15, -0.1) is 12.3 Å². The summed E-state index contributed by atoms with van der Waals surface area (Å²) in [5, 5.41) is 5.14. The highest BCUT2D eigenvalue weighted by Crippen LogP contribution is 2.30. The molecule has 1 saturated heterocycles. The molecule has 0 bridgehead atoms. The minimum Gasteiger partial charge on any atom is -0.442 e. The van der Waals surface area contributed by atoms with Crippen LogP contribution in [0.15, 0.2) is 48.5 Å². The van der Waals surface area contributed by atoms with Gasteiger partial charge in [-0.2, -0.15) is 9.78 Å². The maximum Gasteiger partial charge on any atom is 0.435 e. The lowest BCUT2D eigenvalue weighted by Gasteiger charge is -2.19. The van der Waals surface area contributed by atoms with Gasteiger partial charge in [0.2, 0.25) is 10.0 Å². The Bertz CT molecular complexity index is 1400. The molecule has 0 atom stereocenters. The number of ketones is 1. The Kier molecular flexibility index (Phi) is 13.6. The van der Waals surface area contributed by atoms with Crippen LogP contribution >= 0.6 is 0 Å². The Morgan fingerprint density at radius 1 is 1.10 bits per heavy atom. The number of Topliss-reactive ketones (excluding diaryl/α,β-unsaturated/α-hetero) is 1. The molecule has 0 amide bonds. The Hall–Kier alpha value is -3.64. The molecule has 1 aliphatic heterocycles. The summed E-state index contributed by atoms with van der Waals surface area (Å²) >= 11 is 0. The van der Waals surface area contributed by atoms with Gasteiger partial charge in [-0.05, 0) is 71.2 Å². The number of carbonyl (C=O) groups excluding carboxylic acids is 2. The minimum atomic E-state index is -3.25. The second-order valence-corrected chi connectivity index (χ2v) is 11.8. The highest BCUT2D eigenvalue weighted by atomic mass is 32.2. The Morgan fingerprint density at radius 2 is 1.70 bits per heavy atom. The molecule has 0 spiro atoms. The van der Waals surface area contributed by atoms with E-state index in [-0.39, 0.29) is 11.5 Å². The van der Waals surface area contributed by atoms with Gasteiger partial charge >= 0.3 is 6.09 Å². The number of carbonyl (C=O) groups is 2. The summed E-state index contributed by atoms with van der Waals surface area (Å²) in [5.41, 5.74) is 2.44. The fraction of sp³-hybridized carbons (Fsp3) is 0.452. The largest absolute Gasteiger partial charge is 0.442 e. The summed E-state index contributed by atoms with van der Waals surface area (Å²) in [6, 6.07) is 15.0. The molecule has 2 aromatic carbocycles. The van der Waals surface area contributed by atoms with Gasteiger partial charge in [0.25, 0.3) is 0 Å². The van der Waals surface area contributed by atoms with Crippen LogP contribution in [0.5, 0.6) is 0 Å². The molecule has 0 N–H and O–H groups in total. The van der Waals surface area contributed by atoms with Gasteiger partial charge in [-0.3, -0.25) is 9.10 Å². The first-order valence-electron chi connectivity index (χ1n) is 13.5. The number of rotatable bonds is 4. The third-order valence-electron chi connectivity index (χ3n) is 5.32. The lowest BCUT2D eigenvalue weighted by molar-refractivity contribution is -0.116. The second kappa shape index (κ2) is 15.8. The summed E-state index contributed by atoms with van der Waals surface area (Å²) < 4.78 is 32.4. The molecule has 9 heteroatoms. The van der Waals surface area contributed by atoms with Crippen molar-refractivity contribution in [3.8, 4) is 12.3 Å². The van der Waals surface area contributed by atoms with Crippen LogP contribution in [0, 0.1) is 12.3 Å². The van der Waals surface area contributed by atoms with Gasteiger partial charge in [0.05, 0.1) is 22.7 Å². The standard InChI is InChI=1S/C17H23N3O4S.C9H10O.C3H4.C2H6/c1-5-14-13-11-12(19-9-6-10-25(19,22)23)7-8-15(13)20(18-14)16(21)24-17(2,3)4;1-8(10)7-9-5-3-2-4-6-9;1-3-2;1-2/h7-8,11H,5-6,9-10H2,1-4H3;2-6H,7H2,1H3;1H,2H3;1-2H3. The molecule has 1 fully saturated rings. The third kappa shape index (κ3) is 10.2. The number of fused-ring (bicyclic) bond motifs is 1. The third-order valence-corrected chi connectivity index (χ3v) is 7.19. The molecule has 0 unspecified atom stereocenters. The lowest BCUT2D eigenvalue weighted by Crippen LogP contribution is -2.27. The molecule has 0 saturated carbocycles. The average molecular weight is 570 g/mol. The molecule has 1 aromatic heterocycles. The molecule has 2 heterocycles. The van der Waals surface area contributed by atoms with Crippen LogP contribution in [-0.2, 0) is 32.4 Å². The monoisotopic (exact) mass is 569 g/mol. The summed E-state index contributed by atoms with van der Waals surface area (Å²) in [5.74, 6) is 2.63. The van der Waals surface area contributed by atoms with E-state index in [1.165, 1.54) is 8.99 Å². The minimum absolute atomic E-state index is 0.169. The van der Waals surface area contributed by atoms with Crippen LogP contribution in [0.25, 0.3) is 10.9 Å². The molecule has 8 nitrogen and oxygen atoms in total. The number of nitrogens with zero attached hydrogens (tertiary/aromatic N) is 3. The van der Waals surface area contributed by atoms with Crippen molar-refractivity contribution in [1.82, 2.24) is 9.78 Å². The second-order valence-electron chi connectivity index (χ2n) is 9.79. The maximum absolute atomic E-state index is 12.4. The quantitative estimate of drug-likeness (QED) is 0.337. The van der Waals surface area contributed by atoms with E-state index in [0.29, 0.717) is 37.0 Å². The van der Waals surface area contributed by atoms with Crippen molar-refractivity contribution >= 4 is 38.5 Å². The number of benzene rings is 2. The SMILES string of the molecule is C#CC.CC.CC(=O)Cc1ccccc1.CCc1nn(C(=O)OC(C)(C)C)c2ccc(N3CCCS3(=O)=O)cc12. The van der Waals surface area contributed by atoms with Gasteiger partial charge in [0.1, 0.15) is 11.4 Å². The van der Waals surface area contributed by atoms with Crippen molar-refractivity contribution in [2.75, 3.05) is 16.6 Å². The van der Waals surface area contributed by atoms with Gasteiger partial charge in [-0.25, -0.2) is 13.2 Å². The van der Waals surface area contributed by atoms with E-state index >= 15 is 0 Å². The highest BCUT2D eigenvalue weighted by molar-refractivity contribution is 7.93. The Balaban J connectivity index is 0.000000443. The number of ether oxygens (including phenoxy) is 1. The lowest BCUT2D eigenvalue weighted by atomic mass is 10.1. The predicted molar refractivity (Wildman–Crippen MR) is 163 cm³/mol. The first kappa shape index (κ1) is 34.4. The summed E-state index contributed by atoms with van der Waals surface area (Å²) in [6.45, 7) is 15.1. The molecular weight excluding hydrogens is 526 g/mol. The van der Waals surface area contributed by atoms with E-state index in [1.807, 2.05) is 51.1 Å². The van der Waals surface area contributed by atoms with Gasteiger partial charge < -0.3 is 4.74 Å². The Morgan fingerprint density at radius 3 is 2.17 bits per heavy atom. The van der Waals surface area contributed by atoms with E-state index in [9.17, 15) is 18.0 Å². The zero-order chi connectivity index (χ0) is 30.5. The zero-order valence-corrected chi connectivity index (χ0v) is 25.8. The van der Waals surface area contributed by atoms with E-state index in [0.717, 1.165) is 16.6 Å². The first-order valence-corrected chi connectivity index (χ1v) is 15.1. The number of hydrogen-bond acceptors (Lipinski definition) is 6. The van der Waals surface area contributed by atoms with Crippen molar-refractivity contribution in [3.05, 3.63) is 59.8 Å². The van der Waals surface area contributed by atoms with Crippen LogP contribution in [-0.4, -0.2) is 48.0 Å². The van der Waals surface area contributed by atoms with Crippen molar-refractivity contribution < 1.29 is 22.7 Å². The smallest absolute Gasteiger partial charge is 0.435 e. The number of anilines is 1. The average Bonchev–Trinajstić information content (AvgIpc) is 3.44. The summed E-state index contributed by atoms with van der Waals surface area (Å²) in [6.07, 6.45) is 5.86. The topological polar surface area (TPSA) is 98.6 Å². The summed E-state index contributed by atoms with van der Waals surface area (Å²) in [4.78, 5) is 23.0. The molecule has 1 aliphatic rings. The zero-order valence-electron chi connectivity index (χ0n) is 25.0. The van der Waals surface area contributed by atoms with Crippen molar-refractivity contribution in [2.24, 2.45) is 0 Å². The number of hydrogen-bond donors (Lipinski definition) is 0. The fourth-order valence-electron chi connectivity index (χ4n) is 3.84. The molecule has 4 rings (SSSR count). The van der Waals surface area contributed by atoms with E-state index in [4.69, 9.17) is 4.74 Å². The predicted octanol–water partition coefficient (Wildman–Crippen LogP) is 6.41. The van der Waals surface area contributed by atoms with Gasteiger partial charge in [0.15, 0.2) is 0 Å². The number of sulfonamides is 1. The van der Waals surface area contributed by atoms with Crippen molar-refractivity contribution in [3.63, 3.8) is 0 Å². The molecule has 3 aromatic rings. The van der Waals surface area contributed by atoms with E-state index in [2.05, 4.69) is 17.4 Å². The molecular formula is C31H43N3O5S. The summed E-state index contributed by atoms with van der Waals surface area (Å²) in [7, 11) is -3.25. The van der Waals surface area contributed by atoms with Crippen LogP contribution in [0.1, 0.15) is 73.1 Å². The number of aromatic nitrogens is 2. The molecule has 40 heavy (non-hydrogen) atoms. The van der Waals surface area contributed by atoms with Crippen molar-refractivity contribution in [1.29, 1.82) is 0 Å². The number of aryl methyl sites for hydroxylation is 1. The van der Waals surface area contributed by atoms with E-state index in [1.54, 1.807) is 52.8 Å². The normalized spacial score (nSPS) is 13.4. The maximum atomic E-state index is 12.4. The molecule has 0 radical (unpaired) electrons. The van der Waals surface area contributed by atoms with Crippen LogP contribution in [0.3, 0.4) is 0 Å². The van der Waals surface area contributed by atoms with E-state index < -0.39 is 21.7 Å². The van der Waals surface area contributed by atoms with Crippen LogP contribution < -0.4 is 4.31 Å². The van der Waals surface area contributed by atoms with Crippen molar-refractivity contribution in [2.45, 2.75) is 80.3 Å². The van der Waals surface area contributed by atoms with Crippen LogP contribution in [0.2, 0.25) is 0 Å². The number of terminal acetylenes is 1. The van der Waals surface area contributed by atoms with Gasteiger partial charge in [-0.1, -0.05) is 51.1 Å². The fourth-order valence-corrected chi connectivity index (χ4v) is 5.40. The molecule has 218 valence electrons. The highest BCUT2D eigenvalue weighted by Gasteiger charge is 2.29. The van der Waals surface area contributed by atoms with Crippen LogP contribution in [0.4, 0.5) is 10.5 Å². The molecule has 0 aliphatic carbocycles. The Labute approximate surface area is 239 Å².